The van der Waals surface area contributed by atoms with Crippen LogP contribution in [0.5, 0.6) is 5.75 Å². The third-order valence-corrected chi connectivity index (χ3v) is 4.50. The number of nitrogens with one attached hydrogen (secondary N) is 1. The molecule has 1 heterocycles. The molecule has 3 N–H and O–H groups in total. The molecule has 3 aromatic rings. The van der Waals surface area contributed by atoms with Crippen LogP contribution in [0.4, 0.5) is 0 Å². The van der Waals surface area contributed by atoms with Crippen molar-refractivity contribution < 1.29 is 4.74 Å². The lowest BCUT2D eigenvalue weighted by Crippen LogP contribution is -1.99. The molecule has 0 atom stereocenters. The molecule has 0 saturated carbocycles. The number of methoxy groups -OCH3 is 1. The normalized spacial score (nSPS) is 11.2. The first-order valence-electron chi connectivity index (χ1n) is 8.59. The Kier molecular flexibility index (Phi) is 4.91. The van der Waals surface area contributed by atoms with E-state index in [1.165, 1.54) is 33.3 Å². The average Bonchev–Trinajstić information content (AvgIpc) is 2.92. The number of benzene rings is 2. The Labute approximate surface area is 143 Å². The molecule has 3 nitrogen and oxygen atoms in total. The molecule has 3 rings (SSSR count). The summed E-state index contributed by atoms with van der Waals surface area (Å²) in [5.41, 5.74) is 13.3. The van der Waals surface area contributed by atoms with E-state index in [1.54, 1.807) is 7.11 Å². The van der Waals surface area contributed by atoms with E-state index in [4.69, 9.17) is 10.5 Å². The fourth-order valence-corrected chi connectivity index (χ4v) is 3.42. The topological polar surface area (TPSA) is 51.0 Å². The number of hydrogen-bond acceptors (Lipinski definition) is 2. The van der Waals surface area contributed by atoms with E-state index in [2.05, 4.69) is 49.2 Å². The Morgan fingerprint density at radius 1 is 1.00 bits per heavy atom. The number of fused-ring (bicyclic) bond motifs is 1. The Balaban J connectivity index is 2.15. The van der Waals surface area contributed by atoms with Crippen molar-refractivity contribution in [1.29, 1.82) is 0 Å². The summed E-state index contributed by atoms with van der Waals surface area (Å²) in [6.45, 7) is 5.04. The lowest BCUT2D eigenvalue weighted by Gasteiger charge is -2.08. The molecular formula is C21H26N2O. The standard InChI is InChI=1S/C21H26N2O/c1-14-10-15(2)12-16(11-14)21-18(6-4-5-9-22)19-13-17(24-3)7-8-20(19)23-21/h7-8,10-13,23H,4-6,9,22H2,1-3H3. The van der Waals surface area contributed by atoms with Gasteiger partial charge >= 0.3 is 0 Å². The van der Waals surface area contributed by atoms with Crippen molar-refractivity contribution in [1.82, 2.24) is 4.98 Å². The molecule has 24 heavy (non-hydrogen) atoms. The second-order valence-corrected chi connectivity index (χ2v) is 6.51. The fraction of sp³-hybridized carbons (Fsp3) is 0.333. The number of H-pyrrole nitrogens is 1. The lowest BCUT2D eigenvalue weighted by molar-refractivity contribution is 0.415. The molecule has 0 fully saturated rings. The SMILES string of the molecule is COc1ccc2[nH]c(-c3cc(C)cc(C)c3)c(CCCCN)c2c1. The van der Waals surface area contributed by atoms with Gasteiger partial charge in [-0.15, -0.1) is 0 Å². The maximum Gasteiger partial charge on any atom is 0.119 e. The summed E-state index contributed by atoms with van der Waals surface area (Å²) >= 11 is 0. The second-order valence-electron chi connectivity index (χ2n) is 6.51. The van der Waals surface area contributed by atoms with Crippen LogP contribution in [-0.4, -0.2) is 18.6 Å². The quantitative estimate of drug-likeness (QED) is 0.644. The van der Waals surface area contributed by atoms with Crippen LogP contribution in [0, 0.1) is 13.8 Å². The van der Waals surface area contributed by atoms with Gasteiger partial charge < -0.3 is 15.5 Å². The Morgan fingerprint density at radius 3 is 2.42 bits per heavy atom. The first kappa shape index (κ1) is 16.6. The Bertz CT molecular complexity index is 828. The van der Waals surface area contributed by atoms with Gasteiger partial charge in [0.15, 0.2) is 0 Å². The Hall–Kier alpha value is -2.26. The van der Waals surface area contributed by atoms with Crippen LogP contribution in [0.1, 0.15) is 29.5 Å². The average molecular weight is 322 g/mol. The summed E-state index contributed by atoms with van der Waals surface area (Å²) in [5.74, 6) is 0.897. The summed E-state index contributed by atoms with van der Waals surface area (Å²) < 4.78 is 5.42. The number of nitrogens with two attached hydrogens (primary N) is 1. The van der Waals surface area contributed by atoms with Crippen LogP contribution < -0.4 is 10.5 Å². The summed E-state index contributed by atoms with van der Waals surface area (Å²) in [4.78, 5) is 3.63. The van der Waals surface area contributed by atoms with E-state index < -0.39 is 0 Å². The number of aryl methyl sites for hydroxylation is 3. The molecule has 1 aromatic heterocycles. The molecule has 0 aliphatic carbocycles. The fourth-order valence-electron chi connectivity index (χ4n) is 3.42. The summed E-state index contributed by atoms with van der Waals surface area (Å²) in [5, 5.41) is 1.25. The summed E-state index contributed by atoms with van der Waals surface area (Å²) in [6, 6.07) is 13.0. The van der Waals surface area contributed by atoms with E-state index in [9.17, 15) is 0 Å². The van der Waals surface area contributed by atoms with Gasteiger partial charge in [-0.3, -0.25) is 0 Å². The molecule has 0 unspecified atom stereocenters. The van der Waals surface area contributed by atoms with Crippen LogP contribution in [0.2, 0.25) is 0 Å². The first-order valence-corrected chi connectivity index (χ1v) is 8.59. The zero-order chi connectivity index (χ0) is 17.1. The zero-order valence-corrected chi connectivity index (χ0v) is 14.8. The minimum atomic E-state index is 0.741. The van der Waals surface area contributed by atoms with Crippen LogP contribution in [-0.2, 0) is 6.42 Å². The van der Waals surface area contributed by atoms with E-state index in [1.807, 2.05) is 6.07 Å². The molecule has 0 bridgehead atoms. The molecule has 3 heteroatoms. The summed E-state index contributed by atoms with van der Waals surface area (Å²) in [6.07, 6.45) is 3.16. The van der Waals surface area contributed by atoms with Crippen molar-refractivity contribution in [2.75, 3.05) is 13.7 Å². The molecule has 0 spiro atoms. The number of ether oxygens (including phenoxy) is 1. The van der Waals surface area contributed by atoms with E-state index in [0.717, 1.165) is 37.1 Å². The van der Waals surface area contributed by atoms with Gasteiger partial charge in [0.2, 0.25) is 0 Å². The Morgan fingerprint density at radius 2 is 1.75 bits per heavy atom. The molecule has 126 valence electrons. The number of hydrogen-bond donors (Lipinski definition) is 2. The minimum absolute atomic E-state index is 0.741. The van der Waals surface area contributed by atoms with Gasteiger partial charge in [-0.1, -0.05) is 17.2 Å². The van der Waals surface area contributed by atoms with E-state index in [0.29, 0.717) is 0 Å². The van der Waals surface area contributed by atoms with Crippen molar-refractivity contribution in [3.8, 4) is 17.0 Å². The van der Waals surface area contributed by atoms with Gasteiger partial charge in [0, 0.05) is 16.6 Å². The maximum absolute atomic E-state index is 5.69. The highest BCUT2D eigenvalue weighted by Crippen LogP contribution is 2.34. The minimum Gasteiger partial charge on any atom is -0.497 e. The number of rotatable bonds is 6. The van der Waals surface area contributed by atoms with Gasteiger partial charge in [0.05, 0.1) is 7.11 Å². The van der Waals surface area contributed by atoms with Crippen LogP contribution in [0.3, 0.4) is 0 Å². The number of aromatic amines is 1. The van der Waals surface area contributed by atoms with Gasteiger partial charge in [-0.2, -0.15) is 0 Å². The van der Waals surface area contributed by atoms with Crippen LogP contribution in [0.15, 0.2) is 36.4 Å². The highest BCUT2D eigenvalue weighted by atomic mass is 16.5. The van der Waals surface area contributed by atoms with Gasteiger partial charge in [0.1, 0.15) is 5.75 Å². The van der Waals surface area contributed by atoms with Crippen molar-refractivity contribution >= 4 is 10.9 Å². The molecule has 0 aliphatic rings. The van der Waals surface area contributed by atoms with Gasteiger partial charge in [0.25, 0.3) is 0 Å². The third kappa shape index (κ3) is 3.31. The molecule has 0 amide bonds. The highest BCUT2D eigenvalue weighted by Gasteiger charge is 2.14. The zero-order valence-electron chi connectivity index (χ0n) is 14.8. The molecule has 0 aliphatic heterocycles. The van der Waals surface area contributed by atoms with Crippen molar-refractivity contribution in [3.63, 3.8) is 0 Å². The predicted molar refractivity (Wildman–Crippen MR) is 102 cm³/mol. The molecular weight excluding hydrogens is 296 g/mol. The molecule has 0 saturated heterocycles. The largest absolute Gasteiger partial charge is 0.497 e. The van der Waals surface area contributed by atoms with Gasteiger partial charge in [-0.05, 0) is 81.1 Å². The van der Waals surface area contributed by atoms with E-state index in [-0.39, 0.29) is 0 Å². The van der Waals surface area contributed by atoms with Crippen molar-refractivity contribution in [3.05, 3.63) is 53.1 Å². The summed E-state index contributed by atoms with van der Waals surface area (Å²) in [7, 11) is 1.72. The first-order chi connectivity index (χ1) is 11.6. The lowest BCUT2D eigenvalue weighted by atomic mass is 9.98. The van der Waals surface area contributed by atoms with Crippen molar-refractivity contribution in [2.45, 2.75) is 33.1 Å². The third-order valence-electron chi connectivity index (χ3n) is 4.50. The molecule has 2 aromatic carbocycles. The van der Waals surface area contributed by atoms with Crippen LogP contribution in [0.25, 0.3) is 22.2 Å². The van der Waals surface area contributed by atoms with Crippen LogP contribution >= 0.6 is 0 Å². The maximum atomic E-state index is 5.69. The smallest absolute Gasteiger partial charge is 0.119 e. The predicted octanol–water partition coefficient (Wildman–Crippen LogP) is 4.74. The van der Waals surface area contributed by atoms with Gasteiger partial charge in [-0.25, -0.2) is 0 Å². The van der Waals surface area contributed by atoms with Crippen molar-refractivity contribution in [2.24, 2.45) is 5.73 Å². The highest BCUT2D eigenvalue weighted by molar-refractivity contribution is 5.92. The second kappa shape index (κ2) is 7.10. The number of unbranched alkanes of at least 4 members (excludes halogenated alkanes) is 1. The monoisotopic (exact) mass is 322 g/mol. The number of aromatic nitrogens is 1. The van der Waals surface area contributed by atoms with E-state index >= 15 is 0 Å². The molecule has 0 radical (unpaired) electrons.